The lowest BCUT2D eigenvalue weighted by Crippen LogP contribution is -2.65. The van der Waals surface area contributed by atoms with Crippen molar-refractivity contribution in [2.24, 2.45) is 0 Å². The van der Waals surface area contributed by atoms with E-state index in [1.54, 1.807) is 0 Å². The van der Waals surface area contributed by atoms with Gasteiger partial charge in [0, 0.05) is 16.7 Å². The summed E-state index contributed by atoms with van der Waals surface area (Å²) >= 11 is 0. The highest BCUT2D eigenvalue weighted by atomic mass is 28.3. The second-order valence-corrected chi connectivity index (χ2v) is 19.0. The molecule has 0 heterocycles. The van der Waals surface area contributed by atoms with Crippen LogP contribution in [0, 0.1) is 0 Å². The van der Waals surface area contributed by atoms with Gasteiger partial charge in [0.2, 0.25) is 0 Å². The summed E-state index contributed by atoms with van der Waals surface area (Å²) in [6.07, 6.45) is 15.6. The topological polar surface area (TPSA) is 9.23 Å². The Labute approximate surface area is 256 Å². The lowest BCUT2D eigenvalue weighted by atomic mass is 9.89. The van der Waals surface area contributed by atoms with Crippen molar-refractivity contribution < 1.29 is 4.74 Å². The molecule has 1 nitrogen and oxygen atoms in total. The lowest BCUT2D eigenvalue weighted by molar-refractivity contribution is -0.00471. The molecule has 42 heavy (non-hydrogen) atoms. The van der Waals surface area contributed by atoms with Crippen molar-refractivity contribution in [1.82, 2.24) is 0 Å². The molecule has 2 aliphatic rings. The molecule has 3 unspecified atom stereocenters. The first-order valence-corrected chi connectivity index (χ1v) is 18.7. The van der Waals surface area contributed by atoms with Crippen LogP contribution in [0.25, 0.3) is 23.3 Å². The largest absolute Gasteiger partial charge is 0.376 e. The van der Waals surface area contributed by atoms with E-state index in [0.717, 1.165) is 19.4 Å². The molecule has 0 saturated carbocycles. The molecule has 0 fully saturated rings. The number of fused-ring (bicyclic) bond motifs is 2. The molecule has 0 amide bonds. The van der Waals surface area contributed by atoms with E-state index >= 15 is 0 Å². The Bertz CT molecular complexity index is 1470. The summed E-state index contributed by atoms with van der Waals surface area (Å²) in [5.74, 6) is 0. The van der Waals surface area contributed by atoms with E-state index in [4.69, 9.17) is 4.74 Å². The molecule has 3 aromatic carbocycles. The highest BCUT2D eigenvalue weighted by Crippen LogP contribution is 2.60. The van der Waals surface area contributed by atoms with Crippen LogP contribution in [-0.2, 0) is 14.8 Å². The molecule has 0 N–H and O–H groups in total. The van der Waals surface area contributed by atoms with E-state index in [-0.39, 0.29) is 15.7 Å². The fraction of sp³-hybridized carbons (Fsp3) is 0.400. The molecule has 3 atom stereocenters. The van der Waals surface area contributed by atoms with Gasteiger partial charge < -0.3 is 4.74 Å². The Morgan fingerprint density at radius 3 is 2.29 bits per heavy atom. The van der Waals surface area contributed by atoms with Gasteiger partial charge in [0.1, 0.15) is 0 Å². The summed E-state index contributed by atoms with van der Waals surface area (Å²) in [5.41, 5.74) is 9.96. The summed E-state index contributed by atoms with van der Waals surface area (Å²) in [4.78, 5) is 0. The molecular formula is C40H50OSi. The van der Waals surface area contributed by atoms with Crippen LogP contribution in [0.5, 0.6) is 0 Å². The van der Waals surface area contributed by atoms with E-state index in [2.05, 4.69) is 145 Å². The molecule has 220 valence electrons. The van der Waals surface area contributed by atoms with E-state index < -0.39 is 8.07 Å². The Kier molecular flexibility index (Phi) is 8.70. The summed E-state index contributed by atoms with van der Waals surface area (Å²) in [5, 5.41) is -0.0117. The van der Waals surface area contributed by atoms with Crippen molar-refractivity contribution >= 4 is 20.2 Å². The van der Waals surface area contributed by atoms with Gasteiger partial charge in [-0.25, -0.2) is 0 Å². The summed E-state index contributed by atoms with van der Waals surface area (Å²) in [7, 11) is -2.22. The number of ether oxygens (including phenoxy) is 1. The van der Waals surface area contributed by atoms with Crippen LogP contribution in [0.2, 0.25) is 12.6 Å². The molecular weight excluding hydrogens is 525 g/mol. The predicted molar refractivity (Wildman–Crippen MR) is 185 cm³/mol. The standard InChI is InChI=1S/C40H50OSi/c1-8-26-40(31(2)30-35-34(22-18-24-37(35)40)32-19-12-11-13-20-32)42(7,29-17-10-9-16-28-41-38(3,4)5)39(6)27-25-33-21-14-15-23-36(33)39/h8,11-15,18-25,27,30H,1,9-10,16-17,26,28-29H2,2-7H3. The summed E-state index contributed by atoms with van der Waals surface area (Å²) in [6, 6.07) is 28.4. The van der Waals surface area contributed by atoms with Crippen LogP contribution in [0.1, 0.15) is 89.0 Å². The first-order valence-electron chi connectivity index (χ1n) is 16.0. The third kappa shape index (κ3) is 5.22. The number of benzene rings is 3. The van der Waals surface area contributed by atoms with E-state index in [9.17, 15) is 0 Å². The number of allylic oxidation sites excluding steroid dienone is 3. The van der Waals surface area contributed by atoms with Gasteiger partial charge in [-0.15, -0.1) is 6.58 Å². The van der Waals surface area contributed by atoms with Crippen molar-refractivity contribution in [3.05, 3.63) is 119 Å². The molecule has 0 aromatic heterocycles. The molecule has 2 aliphatic carbocycles. The third-order valence-electron chi connectivity index (χ3n) is 10.4. The molecule has 0 saturated heterocycles. The second kappa shape index (κ2) is 12.0. The van der Waals surface area contributed by atoms with Crippen molar-refractivity contribution in [1.29, 1.82) is 0 Å². The van der Waals surface area contributed by atoms with Crippen molar-refractivity contribution in [3.8, 4) is 11.1 Å². The Balaban J connectivity index is 1.58. The zero-order chi connectivity index (χ0) is 30.0. The molecule has 0 aliphatic heterocycles. The third-order valence-corrected chi connectivity index (χ3v) is 17.3. The minimum Gasteiger partial charge on any atom is -0.376 e. The maximum absolute atomic E-state index is 6.02. The minimum atomic E-state index is -2.22. The van der Waals surface area contributed by atoms with Gasteiger partial charge >= 0.3 is 0 Å². The van der Waals surface area contributed by atoms with Crippen LogP contribution < -0.4 is 0 Å². The number of hydrogen-bond acceptors (Lipinski definition) is 1. The van der Waals surface area contributed by atoms with Gasteiger partial charge in [-0.05, 0) is 73.9 Å². The first-order chi connectivity index (χ1) is 20.1. The van der Waals surface area contributed by atoms with E-state index in [1.165, 1.54) is 64.3 Å². The Hall–Kier alpha value is -2.94. The summed E-state index contributed by atoms with van der Waals surface area (Å²) < 4.78 is 6.02. The SMILES string of the molecule is C=CCC1([Si](C)(CCCCCCOC(C)(C)C)C2(C)C=Cc3ccccc32)C(C)=Cc2c(-c3ccccc3)cccc21. The zero-order valence-electron chi connectivity index (χ0n) is 26.8. The maximum atomic E-state index is 6.02. The summed E-state index contributed by atoms with van der Waals surface area (Å²) in [6.45, 7) is 19.4. The predicted octanol–water partition coefficient (Wildman–Crippen LogP) is 11.1. The number of unbranched alkanes of at least 4 members (excludes halogenated alkanes) is 3. The molecule has 0 spiro atoms. The van der Waals surface area contributed by atoms with Gasteiger partial charge in [0.25, 0.3) is 0 Å². The van der Waals surface area contributed by atoms with Crippen LogP contribution in [0.4, 0.5) is 0 Å². The lowest BCUT2D eigenvalue weighted by Gasteiger charge is -2.56. The van der Waals surface area contributed by atoms with Gasteiger partial charge in [0.15, 0.2) is 0 Å². The molecule has 0 radical (unpaired) electrons. The highest BCUT2D eigenvalue weighted by Gasteiger charge is 2.62. The molecule has 5 rings (SSSR count). The quantitative estimate of drug-likeness (QED) is 0.119. The van der Waals surface area contributed by atoms with Crippen LogP contribution in [-0.4, -0.2) is 20.3 Å². The Morgan fingerprint density at radius 1 is 0.857 bits per heavy atom. The van der Waals surface area contributed by atoms with Crippen molar-refractivity contribution in [2.75, 3.05) is 6.61 Å². The van der Waals surface area contributed by atoms with Gasteiger partial charge in [0.05, 0.1) is 13.7 Å². The van der Waals surface area contributed by atoms with Crippen LogP contribution in [0.15, 0.2) is 97.1 Å². The number of rotatable bonds is 12. The van der Waals surface area contributed by atoms with Gasteiger partial charge in [-0.1, -0.05) is 141 Å². The second-order valence-electron chi connectivity index (χ2n) is 13.9. The average molecular weight is 575 g/mol. The molecule has 0 bridgehead atoms. The van der Waals surface area contributed by atoms with Crippen LogP contribution >= 0.6 is 0 Å². The molecule has 3 aromatic rings. The van der Waals surface area contributed by atoms with Crippen molar-refractivity contribution in [3.63, 3.8) is 0 Å². The smallest absolute Gasteiger partial charge is 0.0825 e. The van der Waals surface area contributed by atoms with E-state index in [0.29, 0.717) is 0 Å². The molecule has 2 heteroatoms. The first kappa shape index (κ1) is 30.5. The van der Waals surface area contributed by atoms with E-state index in [1.807, 2.05) is 0 Å². The number of hydrogen-bond donors (Lipinski definition) is 0. The van der Waals surface area contributed by atoms with Crippen LogP contribution in [0.3, 0.4) is 0 Å². The fourth-order valence-corrected chi connectivity index (χ4v) is 14.5. The maximum Gasteiger partial charge on any atom is 0.0825 e. The average Bonchev–Trinajstić information content (AvgIpc) is 3.48. The van der Waals surface area contributed by atoms with Crippen molar-refractivity contribution in [2.45, 2.75) is 95.0 Å². The van der Waals surface area contributed by atoms with Gasteiger partial charge in [-0.2, -0.15) is 0 Å². The normalized spacial score (nSPS) is 22.4. The fourth-order valence-electron chi connectivity index (χ4n) is 8.13. The van der Waals surface area contributed by atoms with Gasteiger partial charge in [-0.3, -0.25) is 0 Å². The highest BCUT2D eigenvalue weighted by molar-refractivity contribution is 6.85. The zero-order valence-corrected chi connectivity index (χ0v) is 27.8. The minimum absolute atomic E-state index is 0.0153. The Morgan fingerprint density at radius 2 is 1.55 bits per heavy atom. The monoisotopic (exact) mass is 574 g/mol.